The minimum Gasteiger partial charge on any atom is -0.492 e. The zero-order valence-electron chi connectivity index (χ0n) is 13.5. The number of ether oxygens (including phenoxy) is 2. The summed E-state index contributed by atoms with van der Waals surface area (Å²) in [7, 11) is 1.61. The van der Waals surface area contributed by atoms with Gasteiger partial charge in [0, 0.05) is 24.6 Å². The van der Waals surface area contributed by atoms with Crippen LogP contribution in [0.1, 0.15) is 19.8 Å². The van der Waals surface area contributed by atoms with Gasteiger partial charge in [0.1, 0.15) is 5.75 Å². The van der Waals surface area contributed by atoms with E-state index in [0.29, 0.717) is 40.5 Å². The molecule has 0 heterocycles. The number of thiocarbonyl (C=S) groups is 1. The third-order valence-electron chi connectivity index (χ3n) is 2.81. The first-order valence-corrected chi connectivity index (χ1v) is 8.51. The fraction of sp³-hybridized carbons (Fsp3) is 0.467. The van der Waals surface area contributed by atoms with Gasteiger partial charge in [0.25, 0.3) is 0 Å². The van der Waals surface area contributed by atoms with Gasteiger partial charge in [0.15, 0.2) is 5.11 Å². The highest BCUT2D eigenvalue weighted by molar-refractivity contribution is 7.80. The van der Waals surface area contributed by atoms with Crippen molar-refractivity contribution in [1.82, 2.24) is 16.2 Å². The van der Waals surface area contributed by atoms with Crippen LogP contribution < -0.4 is 20.9 Å². The lowest BCUT2D eigenvalue weighted by Crippen LogP contribution is -2.49. The van der Waals surface area contributed by atoms with Gasteiger partial charge in [0.05, 0.1) is 18.2 Å². The van der Waals surface area contributed by atoms with Crippen molar-refractivity contribution < 1.29 is 14.3 Å². The number of hydrogen-bond acceptors (Lipinski definition) is 4. The first kappa shape index (κ1) is 20.8. The number of halogens is 2. The number of carbonyl (C=O) groups is 1. The number of amides is 1. The van der Waals surface area contributed by atoms with Crippen LogP contribution in [0.2, 0.25) is 10.0 Å². The van der Waals surface area contributed by atoms with Crippen LogP contribution in [0.5, 0.6) is 5.75 Å². The minimum absolute atomic E-state index is 0.0458. The first-order chi connectivity index (χ1) is 11.4. The lowest BCUT2D eigenvalue weighted by molar-refractivity contribution is -0.121. The van der Waals surface area contributed by atoms with Crippen LogP contribution >= 0.6 is 35.4 Å². The molecular weight excluding hydrogens is 373 g/mol. The molecule has 134 valence electrons. The maximum Gasteiger partial charge on any atom is 0.238 e. The molecule has 0 aromatic heterocycles. The molecule has 1 atom stereocenters. The van der Waals surface area contributed by atoms with E-state index in [1.165, 1.54) is 0 Å². The SMILES string of the molecule is COC[C@H](C)NC(=S)NNC(=O)CCCOc1ccc(Cl)cc1Cl. The number of methoxy groups -OCH3 is 1. The highest BCUT2D eigenvalue weighted by Crippen LogP contribution is 2.27. The van der Waals surface area contributed by atoms with E-state index >= 15 is 0 Å². The van der Waals surface area contributed by atoms with Crippen molar-refractivity contribution in [3.63, 3.8) is 0 Å². The molecule has 9 heteroatoms. The van der Waals surface area contributed by atoms with Crippen molar-refractivity contribution in [2.75, 3.05) is 20.3 Å². The molecule has 0 radical (unpaired) electrons. The smallest absolute Gasteiger partial charge is 0.238 e. The third-order valence-corrected chi connectivity index (χ3v) is 3.56. The molecular formula is C15H21Cl2N3O3S. The topological polar surface area (TPSA) is 71.6 Å². The maximum absolute atomic E-state index is 11.7. The second-order valence-electron chi connectivity index (χ2n) is 5.03. The van der Waals surface area contributed by atoms with Crippen LogP contribution in [0, 0.1) is 0 Å². The summed E-state index contributed by atoms with van der Waals surface area (Å²) in [5.74, 6) is 0.349. The van der Waals surface area contributed by atoms with Crippen molar-refractivity contribution in [1.29, 1.82) is 0 Å². The van der Waals surface area contributed by atoms with Gasteiger partial charge >= 0.3 is 0 Å². The van der Waals surface area contributed by atoms with E-state index in [0.717, 1.165) is 0 Å². The van der Waals surface area contributed by atoms with Crippen LogP contribution in [0.25, 0.3) is 0 Å². The molecule has 0 spiro atoms. The number of rotatable bonds is 8. The summed E-state index contributed by atoms with van der Waals surface area (Å²) in [6, 6.07) is 5.03. The standard InChI is InChI=1S/C15H21Cl2N3O3S/c1-10(9-22-2)18-15(24)20-19-14(21)4-3-7-23-13-6-5-11(16)8-12(13)17/h5-6,8,10H,3-4,7,9H2,1-2H3,(H,19,21)(H2,18,20,24)/t10-/m0/s1. The average molecular weight is 394 g/mol. The second-order valence-corrected chi connectivity index (χ2v) is 6.28. The summed E-state index contributed by atoms with van der Waals surface area (Å²) < 4.78 is 10.5. The van der Waals surface area contributed by atoms with E-state index in [2.05, 4.69) is 16.2 Å². The molecule has 0 bridgehead atoms. The van der Waals surface area contributed by atoms with Crippen LogP contribution in [-0.2, 0) is 9.53 Å². The Labute approximate surface area is 157 Å². The second kappa shape index (κ2) is 11.3. The molecule has 6 nitrogen and oxygen atoms in total. The molecule has 1 amide bonds. The Balaban J connectivity index is 2.16. The lowest BCUT2D eigenvalue weighted by atomic mass is 10.3. The molecule has 0 fully saturated rings. The number of hydrazine groups is 1. The fourth-order valence-corrected chi connectivity index (χ4v) is 2.46. The molecule has 0 aliphatic heterocycles. The number of benzene rings is 1. The molecule has 0 unspecified atom stereocenters. The zero-order valence-corrected chi connectivity index (χ0v) is 15.9. The Morgan fingerprint density at radius 1 is 1.33 bits per heavy atom. The van der Waals surface area contributed by atoms with Gasteiger partial charge in [0.2, 0.25) is 5.91 Å². The molecule has 0 saturated carbocycles. The van der Waals surface area contributed by atoms with Crippen LogP contribution in [0.4, 0.5) is 0 Å². The monoisotopic (exact) mass is 393 g/mol. The molecule has 0 aliphatic carbocycles. The van der Waals surface area contributed by atoms with Gasteiger partial charge in [-0.25, -0.2) is 0 Å². The molecule has 1 aromatic rings. The van der Waals surface area contributed by atoms with Crippen molar-refractivity contribution >= 4 is 46.4 Å². The van der Waals surface area contributed by atoms with Gasteiger partial charge in [-0.3, -0.25) is 15.6 Å². The first-order valence-electron chi connectivity index (χ1n) is 7.34. The predicted octanol–water partition coefficient (Wildman–Crippen LogP) is 2.68. The zero-order chi connectivity index (χ0) is 17.9. The third kappa shape index (κ3) is 8.54. The van der Waals surface area contributed by atoms with E-state index in [1.807, 2.05) is 6.92 Å². The van der Waals surface area contributed by atoms with Crippen molar-refractivity contribution in [3.8, 4) is 5.75 Å². The van der Waals surface area contributed by atoms with Crippen LogP contribution in [-0.4, -0.2) is 37.4 Å². The normalized spacial score (nSPS) is 11.5. The summed E-state index contributed by atoms with van der Waals surface area (Å²) in [4.78, 5) is 11.7. The van der Waals surface area contributed by atoms with Gasteiger partial charge in [-0.15, -0.1) is 0 Å². The molecule has 1 aromatic carbocycles. The fourth-order valence-electron chi connectivity index (χ4n) is 1.75. The van der Waals surface area contributed by atoms with E-state index in [4.69, 9.17) is 44.9 Å². The van der Waals surface area contributed by atoms with Gasteiger partial charge < -0.3 is 14.8 Å². The Morgan fingerprint density at radius 3 is 2.75 bits per heavy atom. The predicted molar refractivity (Wildman–Crippen MR) is 99.5 cm³/mol. The summed E-state index contributed by atoms with van der Waals surface area (Å²) in [6.07, 6.45) is 0.821. The Kier molecular flexibility index (Phi) is 9.78. The Morgan fingerprint density at radius 2 is 2.08 bits per heavy atom. The molecule has 0 saturated heterocycles. The Bertz CT molecular complexity index is 561. The van der Waals surface area contributed by atoms with Gasteiger partial charge in [-0.05, 0) is 43.8 Å². The minimum atomic E-state index is -0.190. The van der Waals surface area contributed by atoms with Crippen LogP contribution in [0.3, 0.4) is 0 Å². The lowest BCUT2D eigenvalue weighted by Gasteiger charge is -2.16. The molecule has 24 heavy (non-hydrogen) atoms. The van der Waals surface area contributed by atoms with Gasteiger partial charge in [-0.1, -0.05) is 23.2 Å². The van der Waals surface area contributed by atoms with Crippen LogP contribution in [0.15, 0.2) is 18.2 Å². The summed E-state index contributed by atoms with van der Waals surface area (Å²) in [5.41, 5.74) is 5.15. The van der Waals surface area contributed by atoms with Gasteiger partial charge in [-0.2, -0.15) is 0 Å². The van der Waals surface area contributed by atoms with Crippen molar-refractivity contribution in [2.45, 2.75) is 25.8 Å². The largest absolute Gasteiger partial charge is 0.492 e. The van der Waals surface area contributed by atoms with Crippen molar-refractivity contribution in [3.05, 3.63) is 28.2 Å². The van der Waals surface area contributed by atoms with E-state index in [1.54, 1.807) is 25.3 Å². The van der Waals surface area contributed by atoms with Crippen molar-refractivity contribution in [2.24, 2.45) is 0 Å². The number of carbonyl (C=O) groups excluding carboxylic acids is 1. The molecule has 1 rings (SSSR count). The maximum atomic E-state index is 11.7. The Hall–Kier alpha value is -1.28. The summed E-state index contributed by atoms with van der Waals surface area (Å²) in [5, 5.41) is 4.28. The van der Waals surface area contributed by atoms with E-state index < -0.39 is 0 Å². The molecule has 0 aliphatic rings. The number of hydrogen-bond donors (Lipinski definition) is 3. The van der Waals surface area contributed by atoms with E-state index in [-0.39, 0.29) is 18.4 Å². The van der Waals surface area contributed by atoms with E-state index in [9.17, 15) is 4.79 Å². The quantitative estimate of drug-likeness (QED) is 0.358. The average Bonchev–Trinajstić information content (AvgIpc) is 2.51. The summed E-state index contributed by atoms with van der Waals surface area (Å²) in [6.45, 7) is 2.79. The summed E-state index contributed by atoms with van der Waals surface area (Å²) >= 11 is 16.8. The highest BCUT2D eigenvalue weighted by Gasteiger charge is 2.06. The highest BCUT2D eigenvalue weighted by atomic mass is 35.5. The molecule has 3 N–H and O–H groups in total. The number of nitrogens with one attached hydrogen (secondary N) is 3.